The minimum Gasteiger partial charge on any atom is -0.269 e. The Bertz CT molecular complexity index is 597. The van der Waals surface area contributed by atoms with Crippen molar-refractivity contribution in [1.82, 2.24) is 0 Å². The number of rotatable bonds is 4. The van der Waals surface area contributed by atoms with E-state index in [-0.39, 0.29) is 5.69 Å². The second-order valence-corrected chi connectivity index (χ2v) is 3.92. The molecule has 96 valence electrons. The van der Waals surface area contributed by atoms with E-state index in [0.29, 0.717) is 5.56 Å². The average molecular weight is 255 g/mol. The monoisotopic (exact) mass is 255 g/mol. The minimum absolute atomic E-state index is 0.0488. The summed E-state index contributed by atoms with van der Waals surface area (Å²) in [4.78, 5) is 10.5. The van der Waals surface area contributed by atoms with Crippen molar-refractivity contribution < 1.29 is 4.92 Å². The van der Waals surface area contributed by atoms with Crippen molar-refractivity contribution in [2.24, 2.45) is 5.10 Å². The second-order valence-electron chi connectivity index (χ2n) is 3.92. The first-order valence-corrected chi connectivity index (χ1v) is 5.74. The zero-order valence-corrected chi connectivity index (χ0v) is 10.4. The zero-order chi connectivity index (χ0) is 13.7. The summed E-state index contributed by atoms with van der Waals surface area (Å²) in [5.41, 5.74) is 1.44. The molecule has 0 aliphatic rings. The molecule has 0 amide bonds. The van der Waals surface area contributed by atoms with E-state index in [9.17, 15) is 10.1 Å². The lowest BCUT2D eigenvalue weighted by Crippen LogP contribution is -2.08. The molecule has 0 aliphatic carbocycles. The van der Waals surface area contributed by atoms with Crippen molar-refractivity contribution in [3.8, 4) is 0 Å². The van der Waals surface area contributed by atoms with Crippen LogP contribution in [0, 0.1) is 10.1 Å². The van der Waals surface area contributed by atoms with E-state index in [1.165, 1.54) is 12.3 Å². The number of nitro benzene ring substituents is 1. The summed E-state index contributed by atoms with van der Waals surface area (Å²) in [6.45, 7) is 0. The normalized spacial score (nSPS) is 10.6. The van der Waals surface area contributed by atoms with Gasteiger partial charge in [-0.25, -0.2) is 0 Å². The Balaban J connectivity index is 2.22. The number of anilines is 1. The van der Waals surface area contributed by atoms with Crippen molar-refractivity contribution in [1.29, 1.82) is 0 Å². The molecule has 2 aromatic carbocycles. The van der Waals surface area contributed by atoms with Crippen molar-refractivity contribution in [2.75, 3.05) is 12.1 Å². The highest BCUT2D eigenvalue weighted by Gasteiger charge is 2.10. The van der Waals surface area contributed by atoms with Crippen LogP contribution in [0.3, 0.4) is 0 Å². The first-order chi connectivity index (χ1) is 9.18. The second kappa shape index (κ2) is 5.77. The topological polar surface area (TPSA) is 58.7 Å². The van der Waals surface area contributed by atoms with Crippen LogP contribution in [0.4, 0.5) is 11.4 Å². The highest BCUT2D eigenvalue weighted by molar-refractivity contribution is 5.85. The smallest absolute Gasteiger partial charge is 0.269 e. The number of hydrazone groups is 1. The zero-order valence-electron chi connectivity index (χ0n) is 10.4. The van der Waals surface area contributed by atoms with Crippen LogP contribution in [-0.2, 0) is 0 Å². The van der Waals surface area contributed by atoms with E-state index in [4.69, 9.17) is 0 Å². The molecule has 0 aromatic heterocycles. The van der Waals surface area contributed by atoms with Gasteiger partial charge >= 0.3 is 0 Å². The number of hydrogen-bond acceptors (Lipinski definition) is 4. The minimum atomic E-state index is -0.413. The number of hydrogen-bond donors (Lipinski definition) is 0. The maximum absolute atomic E-state index is 10.9. The van der Waals surface area contributed by atoms with E-state index in [1.54, 1.807) is 30.3 Å². The summed E-state index contributed by atoms with van der Waals surface area (Å²) in [7, 11) is 1.79. The molecule has 0 saturated heterocycles. The number of benzene rings is 2. The molecule has 0 atom stereocenters. The fraction of sp³-hybridized carbons (Fsp3) is 0.0714. The van der Waals surface area contributed by atoms with Crippen LogP contribution in [0.15, 0.2) is 59.7 Å². The van der Waals surface area contributed by atoms with Gasteiger partial charge in [-0.15, -0.1) is 0 Å². The van der Waals surface area contributed by atoms with Crippen molar-refractivity contribution in [3.05, 3.63) is 70.3 Å². The van der Waals surface area contributed by atoms with Crippen LogP contribution in [0.5, 0.6) is 0 Å². The van der Waals surface area contributed by atoms with Gasteiger partial charge < -0.3 is 0 Å². The average Bonchev–Trinajstić information content (AvgIpc) is 2.46. The Morgan fingerprint density at radius 1 is 1.11 bits per heavy atom. The Morgan fingerprint density at radius 3 is 2.42 bits per heavy atom. The third kappa shape index (κ3) is 3.16. The largest absolute Gasteiger partial charge is 0.278 e. The third-order valence-corrected chi connectivity index (χ3v) is 2.63. The summed E-state index contributed by atoms with van der Waals surface area (Å²) in [5, 5.41) is 16.7. The lowest BCUT2D eigenvalue weighted by Gasteiger charge is -2.11. The Hall–Kier alpha value is -2.69. The number of nitrogens with zero attached hydrogens (tertiary/aromatic N) is 3. The van der Waals surface area contributed by atoms with Gasteiger partial charge in [-0.05, 0) is 18.2 Å². The fourth-order valence-electron chi connectivity index (χ4n) is 1.62. The summed E-state index contributed by atoms with van der Waals surface area (Å²) in [6.07, 6.45) is 1.49. The quantitative estimate of drug-likeness (QED) is 0.479. The van der Waals surface area contributed by atoms with Gasteiger partial charge in [-0.3, -0.25) is 15.1 Å². The number of nitro groups is 1. The molecule has 0 N–H and O–H groups in total. The molecule has 0 aliphatic heterocycles. The van der Waals surface area contributed by atoms with Gasteiger partial charge in [0.1, 0.15) is 0 Å². The summed E-state index contributed by atoms with van der Waals surface area (Å²) < 4.78 is 0. The molecule has 0 heterocycles. The SMILES string of the molecule is CN(N=Cc1ccccc1[N+](=O)[O-])c1ccccc1. The van der Waals surface area contributed by atoms with E-state index in [2.05, 4.69) is 5.10 Å². The first kappa shape index (κ1) is 12.8. The number of para-hydroxylation sites is 2. The lowest BCUT2D eigenvalue weighted by molar-refractivity contribution is -0.385. The molecule has 0 fully saturated rings. The van der Waals surface area contributed by atoms with Gasteiger partial charge in [0, 0.05) is 13.1 Å². The van der Waals surface area contributed by atoms with Crippen LogP contribution in [0.25, 0.3) is 0 Å². The summed E-state index contributed by atoms with van der Waals surface area (Å²) >= 11 is 0. The highest BCUT2D eigenvalue weighted by atomic mass is 16.6. The van der Waals surface area contributed by atoms with Crippen LogP contribution in [0.1, 0.15) is 5.56 Å². The van der Waals surface area contributed by atoms with E-state index in [1.807, 2.05) is 30.3 Å². The molecule has 0 bridgehead atoms. The van der Waals surface area contributed by atoms with Gasteiger partial charge in [0.15, 0.2) is 0 Å². The van der Waals surface area contributed by atoms with Crippen LogP contribution < -0.4 is 5.01 Å². The maximum Gasteiger partial charge on any atom is 0.278 e. The maximum atomic E-state index is 10.9. The van der Waals surface area contributed by atoms with Crippen LogP contribution >= 0.6 is 0 Å². The first-order valence-electron chi connectivity index (χ1n) is 5.74. The van der Waals surface area contributed by atoms with Gasteiger partial charge in [0.05, 0.1) is 22.4 Å². The van der Waals surface area contributed by atoms with Gasteiger partial charge in [0.25, 0.3) is 5.69 Å². The van der Waals surface area contributed by atoms with Crippen LogP contribution in [0.2, 0.25) is 0 Å². The standard InChI is InChI=1S/C14H13N3O2/c1-16(13-8-3-2-4-9-13)15-11-12-7-5-6-10-14(12)17(18)19/h2-11H,1H3. The lowest BCUT2D eigenvalue weighted by atomic mass is 10.2. The van der Waals surface area contributed by atoms with Gasteiger partial charge in [-0.2, -0.15) is 5.10 Å². The molecule has 5 nitrogen and oxygen atoms in total. The molecule has 19 heavy (non-hydrogen) atoms. The van der Waals surface area contributed by atoms with E-state index < -0.39 is 4.92 Å². The van der Waals surface area contributed by atoms with E-state index in [0.717, 1.165) is 5.69 Å². The summed E-state index contributed by atoms with van der Waals surface area (Å²) in [5.74, 6) is 0. The predicted octanol–water partition coefficient (Wildman–Crippen LogP) is 3.07. The molecule has 0 unspecified atom stereocenters. The molecule has 5 heteroatoms. The molecular weight excluding hydrogens is 242 g/mol. The highest BCUT2D eigenvalue weighted by Crippen LogP contribution is 2.16. The molecule has 2 aromatic rings. The Kier molecular flexibility index (Phi) is 3.87. The predicted molar refractivity (Wildman–Crippen MR) is 75.5 cm³/mol. The van der Waals surface area contributed by atoms with Gasteiger partial charge in [-0.1, -0.05) is 30.3 Å². The van der Waals surface area contributed by atoms with Crippen molar-refractivity contribution >= 4 is 17.6 Å². The molecule has 0 radical (unpaired) electrons. The summed E-state index contributed by atoms with van der Waals surface area (Å²) in [6, 6.07) is 16.1. The van der Waals surface area contributed by atoms with E-state index >= 15 is 0 Å². The third-order valence-electron chi connectivity index (χ3n) is 2.63. The Labute approximate surface area is 110 Å². The molecule has 0 spiro atoms. The molecule has 0 saturated carbocycles. The van der Waals surface area contributed by atoms with Crippen LogP contribution in [-0.4, -0.2) is 18.2 Å². The van der Waals surface area contributed by atoms with Crippen molar-refractivity contribution in [2.45, 2.75) is 0 Å². The Morgan fingerprint density at radius 2 is 1.74 bits per heavy atom. The fourth-order valence-corrected chi connectivity index (χ4v) is 1.62. The molecule has 2 rings (SSSR count). The van der Waals surface area contributed by atoms with Gasteiger partial charge in [0.2, 0.25) is 0 Å². The van der Waals surface area contributed by atoms with Crippen molar-refractivity contribution in [3.63, 3.8) is 0 Å². The molecular formula is C14H13N3O2.